The third-order valence-electron chi connectivity index (χ3n) is 3.88. The van der Waals surface area contributed by atoms with E-state index in [4.69, 9.17) is 4.74 Å². The maximum absolute atomic E-state index is 5.71. The minimum Gasteiger partial charge on any atom is -0.376 e. The molecular formula is C15H32N2O. The fraction of sp³-hybridized carbons (Fsp3) is 1.00. The Bertz CT molecular complexity index is 199. The lowest BCUT2D eigenvalue weighted by molar-refractivity contribution is -0.0301. The predicted molar refractivity (Wildman–Crippen MR) is 78.1 cm³/mol. The van der Waals surface area contributed by atoms with E-state index < -0.39 is 0 Å². The van der Waals surface area contributed by atoms with Crippen molar-refractivity contribution >= 4 is 0 Å². The molecule has 0 saturated carbocycles. The van der Waals surface area contributed by atoms with E-state index in [0.29, 0.717) is 12.1 Å². The molecule has 0 bridgehead atoms. The van der Waals surface area contributed by atoms with E-state index in [1.54, 1.807) is 0 Å². The number of rotatable bonds is 9. The van der Waals surface area contributed by atoms with Gasteiger partial charge in [0.2, 0.25) is 0 Å². The molecule has 0 spiro atoms. The van der Waals surface area contributed by atoms with Gasteiger partial charge in [0.25, 0.3) is 0 Å². The van der Waals surface area contributed by atoms with Crippen LogP contribution in [0.3, 0.4) is 0 Å². The van der Waals surface area contributed by atoms with Gasteiger partial charge in [0.05, 0.1) is 12.7 Å². The van der Waals surface area contributed by atoms with Crippen LogP contribution < -0.4 is 5.32 Å². The standard InChI is InChI=1S/C15H32N2O/c1-4-9-16-14(5-2)8-7-10-17-11-12-18-15(6-3)13-17/h14-16H,4-13H2,1-3H3. The Hall–Kier alpha value is -0.120. The Kier molecular flexibility index (Phi) is 8.64. The van der Waals surface area contributed by atoms with Gasteiger partial charge in [-0.2, -0.15) is 0 Å². The first-order valence-corrected chi connectivity index (χ1v) is 7.87. The van der Waals surface area contributed by atoms with Gasteiger partial charge in [-0.05, 0) is 45.2 Å². The molecule has 1 rings (SSSR count). The zero-order valence-corrected chi connectivity index (χ0v) is 12.6. The largest absolute Gasteiger partial charge is 0.376 e. The molecule has 2 unspecified atom stereocenters. The highest BCUT2D eigenvalue weighted by molar-refractivity contribution is 4.72. The summed E-state index contributed by atoms with van der Waals surface area (Å²) in [7, 11) is 0. The van der Waals surface area contributed by atoms with Crippen molar-refractivity contribution in [3.05, 3.63) is 0 Å². The Morgan fingerprint density at radius 3 is 2.83 bits per heavy atom. The molecule has 3 heteroatoms. The number of morpholine rings is 1. The first-order valence-electron chi connectivity index (χ1n) is 7.87. The zero-order chi connectivity index (χ0) is 13.2. The molecule has 2 atom stereocenters. The summed E-state index contributed by atoms with van der Waals surface area (Å²) in [5.41, 5.74) is 0. The van der Waals surface area contributed by atoms with Crippen molar-refractivity contribution in [2.45, 2.75) is 65.0 Å². The van der Waals surface area contributed by atoms with E-state index in [0.717, 1.165) is 32.7 Å². The third kappa shape index (κ3) is 6.17. The van der Waals surface area contributed by atoms with Gasteiger partial charge < -0.3 is 10.1 Å². The highest BCUT2D eigenvalue weighted by atomic mass is 16.5. The van der Waals surface area contributed by atoms with Crippen molar-refractivity contribution < 1.29 is 4.74 Å². The Labute approximate surface area is 113 Å². The molecule has 1 saturated heterocycles. The van der Waals surface area contributed by atoms with Crippen LogP contribution in [0.15, 0.2) is 0 Å². The predicted octanol–water partition coefficient (Wildman–Crippen LogP) is 2.66. The van der Waals surface area contributed by atoms with Gasteiger partial charge in [-0.15, -0.1) is 0 Å². The average Bonchev–Trinajstić information content (AvgIpc) is 2.43. The Morgan fingerprint density at radius 1 is 1.33 bits per heavy atom. The molecule has 1 N–H and O–H groups in total. The summed E-state index contributed by atoms with van der Waals surface area (Å²) >= 11 is 0. The smallest absolute Gasteiger partial charge is 0.0700 e. The SMILES string of the molecule is CCCNC(CC)CCCN1CCOC(CC)C1. The maximum atomic E-state index is 5.71. The fourth-order valence-corrected chi connectivity index (χ4v) is 2.59. The van der Waals surface area contributed by atoms with Crippen LogP contribution in [0.25, 0.3) is 0 Å². The summed E-state index contributed by atoms with van der Waals surface area (Å²) in [6.07, 6.45) is 6.72. The monoisotopic (exact) mass is 256 g/mol. The number of hydrogen-bond acceptors (Lipinski definition) is 3. The van der Waals surface area contributed by atoms with Gasteiger partial charge in [0.15, 0.2) is 0 Å². The van der Waals surface area contributed by atoms with Crippen molar-refractivity contribution in [3.63, 3.8) is 0 Å². The van der Waals surface area contributed by atoms with E-state index in [-0.39, 0.29) is 0 Å². The van der Waals surface area contributed by atoms with Gasteiger partial charge in [-0.25, -0.2) is 0 Å². The second-order valence-electron chi connectivity index (χ2n) is 5.40. The number of hydrogen-bond donors (Lipinski definition) is 1. The van der Waals surface area contributed by atoms with E-state index in [2.05, 4.69) is 31.0 Å². The lowest BCUT2D eigenvalue weighted by Gasteiger charge is -2.32. The molecule has 1 aliphatic heterocycles. The van der Waals surface area contributed by atoms with Crippen LogP contribution in [0, 0.1) is 0 Å². The number of nitrogens with one attached hydrogen (secondary N) is 1. The van der Waals surface area contributed by atoms with Gasteiger partial charge in [0, 0.05) is 19.1 Å². The summed E-state index contributed by atoms with van der Waals surface area (Å²) in [5.74, 6) is 0. The normalized spacial score (nSPS) is 23.2. The van der Waals surface area contributed by atoms with Crippen molar-refractivity contribution in [2.24, 2.45) is 0 Å². The molecule has 1 aliphatic rings. The van der Waals surface area contributed by atoms with E-state index >= 15 is 0 Å². The lowest BCUT2D eigenvalue weighted by atomic mass is 10.1. The second kappa shape index (κ2) is 9.76. The maximum Gasteiger partial charge on any atom is 0.0700 e. The van der Waals surface area contributed by atoms with Crippen LogP contribution in [-0.2, 0) is 4.74 Å². The quantitative estimate of drug-likeness (QED) is 0.686. The molecule has 108 valence electrons. The third-order valence-corrected chi connectivity index (χ3v) is 3.88. The van der Waals surface area contributed by atoms with E-state index in [1.165, 1.54) is 32.2 Å². The highest BCUT2D eigenvalue weighted by Crippen LogP contribution is 2.10. The highest BCUT2D eigenvalue weighted by Gasteiger charge is 2.18. The van der Waals surface area contributed by atoms with Crippen molar-refractivity contribution in [1.82, 2.24) is 10.2 Å². The Morgan fingerprint density at radius 2 is 2.17 bits per heavy atom. The lowest BCUT2D eigenvalue weighted by Crippen LogP contribution is -2.42. The van der Waals surface area contributed by atoms with Gasteiger partial charge in [0.1, 0.15) is 0 Å². The molecule has 0 aliphatic carbocycles. The van der Waals surface area contributed by atoms with E-state index in [1.807, 2.05) is 0 Å². The van der Waals surface area contributed by atoms with Gasteiger partial charge >= 0.3 is 0 Å². The molecule has 1 fully saturated rings. The van der Waals surface area contributed by atoms with Crippen molar-refractivity contribution in [3.8, 4) is 0 Å². The summed E-state index contributed by atoms with van der Waals surface area (Å²) in [6.45, 7) is 12.3. The van der Waals surface area contributed by atoms with Crippen LogP contribution in [-0.4, -0.2) is 49.8 Å². The summed E-state index contributed by atoms with van der Waals surface area (Å²) in [6, 6.07) is 0.716. The van der Waals surface area contributed by atoms with Crippen LogP contribution in [0.5, 0.6) is 0 Å². The van der Waals surface area contributed by atoms with Crippen LogP contribution >= 0.6 is 0 Å². The van der Waals surface area contributed by atoms with Gasteiger partial charge in [-0.1, -0.05) is 20.8 Å². The average molecular weight is 256 g/mol. The van der Waals surface area contributed by atoms with Crippen LogP contribution in [0.1, 0.15) is 52.9 Å². The molecule has 0 aromatic rings. The molecular weight excluding hydrogens is 224 g/mol. The van der Waals surface area contributed by atoms with Crippen molar-refractivity contribution in [1.29, 1.82) is 0 Å². The first kappa shape index (κ1) is 15.9. The van der Waals surface area contributed by atoms with Crippen LogP contribution in [0.4, 0.5) is 0 Å². The number of nitrogens with zero attached hydrogens (tertiary/aromatic N) is 1. The number of ether oxygens (including phenoxy) is 1. The minimum absolute atomic E-state index is 0.471. The zero-order valence-electron chi connectivity index (χ0n) is 12.6. The molecule has 0 aromatic heterocycles. The molecule has 0 amide bonds. The fourth-order valence-electron chi connectivity index (χ4n) is 2.59. The van der Waals surface area contributed by atoms with Gasteiger partial charge in [-0.3, -0.25) is 4.90 Å². The molecule has 0 radical (unpaired) electrons. The first-order chi connectivity index (χ1) is 8.80. The molecule has 3 nitrogen and oxygen atoms in total. The molecule has 1 heterocycles. The Balaban J connectivity index is 2.11. The van der Waals surface area contributed by atoms with Crippen molar-refractivity contribution in [2.75, 3.05) is 32.8 Å². The summed E-state index contributed by atoms with van der Waals surface area (Å²) in [5, 5.41) is 3.63. The minimum atomic E-state index is 0.471. The van der Waals surface area contributed by atoms with E-state index in [9.17, 15) is 0 Å². The topological polar surface area (TPSA) is 24.5 Å². The van der Waals surface area contributed by atoms with Crippen LogP contribution in [0.2, 0.25) is 0 Å². The molecule has 18 heavy (non-hydrogen) atoms. The summed E-state index contributed by atoms with van der Waals surface area (Å²) in [4.78, 5) is 2.57. The summed E-state index contributed by atoms with van der Waals surface area (Å²) < 4.78 is 5.71. The second-order valence-corrected chi connectivity index (χ2v) is 5.40. The molecule has 0 aromatic carbocycles.